The Morgan fingerprint density at radius 2 is 2.10 bits per heavy atom. The van der Waals surface area contributed by atoms with Gasteiger partial charge in [-0.1, -0.05) is 30.7 Å². The minimum Gasteiger partial charge on any atom is -0.619 e. The third-order valence-corrected chi connectivity index (χ3v) is 5.58. The maximum absolute atomic E-state index is 12.9. The summed E-state index contributed by atoms with van der Waals surface area (Å²) in [6, 6.07) is 5.37. The van der Waals surface area contributed by atoms with Gasteiger partial charge in [-0.3, -0.25) is 25.4 Å². The van der Waals surface area contributed by atoms with E-state index in [1.807, 2.05) is 5.01 Å². The first-order valence-electron chi connectivity index (χ1n) is 9.38. The van der Waals surface area contributed by atoms with Crippen molar-refractivity contribution in [3.8, 4) is 0 Å². The average Bonchev–Trinajstić information content (AvgIpc) is 2.68. The first-order valence-corrected chi connectivity index (χ1v) is 9.76. The molecule has 0 aliphatic carbocycles. The first-order chi connectivity index (χ1) is 13.8. The Morgan fingerprint density at radius 3 is 2.77 bits per heavy atom. The Balaban J connectivity index is 0.00000320. The molecule has 3 atom stereocenters. The van der Waals surface area contributed by atoms with Crippen molar-refractivity contribution in [2.75, 3.05) is 7.05 Å². The number of amidine groups is 1. The molecular formula is C19H25ClN7O2Y-. The van der Waals surface area contributed by atoms with Gasteiger partial charge in [-0.05, 0) is 37.3 Å². The van der Waals surface area contributed by atoms with Gasteiger partial charge < -0.3 is 16.2 Å². The number of amides is 2. The second-order valence-corrected chi connectivity index (χ2v) is 7.97. The van der Waals surface area contributed by atoms with Gasteiger partial charge in [0.15, 0.2) is 0 Å². The minimum absolute atomic E-state index is 0. The SMILES string of the molecule is CN=CN=C(N)c1cc([N-]N2[C@@H]3C[C@@H](C)CC2(C(=O)NNC(C)=O)C3)ccc1Cl.[Y]. The summed E-state index contributed by atoms with van der Waals surface area (Å²) in [6.07, 6.45) is 3.66. The molecule has 1 aromatic carbocycles. The minimum atomic E-state index is -0.779. The Labute approximate surface area is 206 Å². The summed E-state index contributed by atoms with van der Waals surface area (Å²) in [5.74, 6) is 0.0349. The number of carbonyl (C=O) groups is 2. The number of piperidine rings is 1. The van der Waals surface area contributed by atoms with Crippen LogP contribution < -0.4 is 16.6 Å². The van der Waals surface area contributed by atoms with Crippen LogP contribution in [0.25, 0.3) is 5.43 Å². The van der Waals surface area contributed by atoms with E-state index in [9.17, 15) is 9.59 Å². The Kier molecular flexibility index (Phi) is 8.38. The third kappa shape index (κ3) is 5.02. The number of nitrogens with zero attached hydrogens (tertiary/aromatic N) is 4. The molecule has 1 aromatic rings. The normalized spacial score (nSPS) is 25.8. The second kappa shape index (κ2) is 10.2. The van der Waals surface area contributed by atoms with Crippen molar-refractivity contribution in [3.63, 3.8) is 0 Å². The predicted octanol–water partition coefficient (Wildman–Crippen LogP) is 2.03. The summed E-state index contributed by atoms with van der Waals surface area (Å²) in [5.41, 5.74) is 16.0. The third-order valence-electron chi connectivity index (χ3n) is 5.25. The molecule has 30 heavy (non-hydrogen) atoms. The molecular weight excluding hydrogens is 483 g/mol. The van der Waals surface area contributed by atoms with E-state index in [4.69, 9.17) is 22.8 Å². The molecule has 2 fully saturated rings. The number of nitrogens with two attached hydrogens (primary N) is 1. The van der Waals surface area contributed by atoms with Crippen LogP contribution in [0.2, 0.25) is 5.02 Å². The van der Waals surface area contributed by atoms with Crippen molar-refractivity contribution in [2.24, 2.45) is 21.6 Å². The zero-order valence-electron chi connectivity index (χ0n) is 17.2. The van der Waals surface area contributed by atoms with E-state index in [1.54, 1.807) is 25.2 Å². The molecule has 1 radical (unpaired) electrons. The van der Waals surface area contributed by atoms with Crippen molar-refractivity contribution in [1.82, 2.24) is 15.9 Å². The number of hydrazine groups is 1. The summed E-state index contributed by atoms with van der Waals surface area (Å²) in [7, 11) is 1.60. The molecule has 159 valence electrons. The molecule has 0 spiro atoms. The molecule has 3 rings (SSSR count). The van der Waals surface area contributed by atoms with E-state index in [1.165, 1.54) is 13.3 Å². The monoisotopic (exact) mass is 507 g/mol. The van der Waals surface area contributed by atoms with Gasteiger partial charge in [-0.15, -0.1) is 5.69 Å². The number of benzene rings is 1. The summed E-state index contributed by atoms with van der Waals surface area (Å²) >= 11 is 6.25. The van der Waals surface area contributed by atoms with E-state index in [0.29, 0.717) is 35.0 Å². The van der Waals surface area contributed by atoms with Gasteiger partial charge >= 0.3 is 0 Å². The van der Waals surface area contributed by atoms with Crippen LogP contribution >= 0.6 is 11.6 Å². The first kappa shape index (κ1) is 24.7. The second-order valence-electron chi connectivity index (χ2n) is 7.57. The maximum Gasteiger partial charge on any atom is 0.257 e. The van der Waals surface area contributed by atoms with Crippen molar-refractivity contribution in [3.05, 3.63) is 34.2 Å². The summed E-state index contributed by atoms with van der Waals surface area (Å²) in [4.78, 5) is 31.9. The van der Waals surface area contributed by atoms with E-state index >= 15 is 0 Å². The van der Waals surface area contributed by atoms with Crippen molar-refractivity contribution in [1.29, 1.82) is 0 Å². The molecule has 0 aromatic heterocycles. The average molecular weight is 508 g/mol. The van der Waals surface area contributed by atoms with Crippen LogP contribution in [0.1, 0.15) is 38.7 Å². The topological polar surface area (TPSA) is 126 Å². The number of hydrogen-bond acceptors (Lipinski definition) is 4. The summed E-state index contributed by atoms with van der Waals surface area (Å²) in [5, 5.41) is 2.29. The van der Waals surface area contributed by atoms with Gasteiger partial charge in [0.05, 0.1) is 10.6 Å². The summed E-state index contributed by atoms with van der Waals surface area (Å²) < 4.78 is 0. The molecule has 2 heterocycles. The van der Waals surface area contributed by atoms with Gasteiger partial charge in [0.25, 0.3) is 5.91 Å². The van der Waals surface area contributed by atoms with Crippen LogP contribution in [0.3, 0.4) is 0 Å². The van der Waals surface area contributed by atoms with Gasteiger partial charge in [0.2, 0.25) is 5.91 Å². The van der Waals surface area contributed by atoms with Crippen molar-refractivity contribution < 1.29 is 42.3 Å². The summed E-state index contributed by atoms with van der Waals surface area (Å²) in [6.45, 7) is 3.47. The van der Waals surface area contributed by atoms with Gasteiger partial charge in [0.1, 0.15) is 12.2 Å². The molecule has 2 saturated heterocycles. The molecule has 0 saturated carbocycles. The maximum atomic E-state index is 12.9. The zero-order chi connectivity index (χ0) is 21.2. The van der Waals surface area contributed by atoms with Crippen molar-refractivity contribution >= 4 is 41.3 Å². The number of nitrogens with one attached hydrogen (secondary N) is 2. The van der Waals surface area contributed by atoms with Crippen molar-refractivity contribution in [2.45, 2.75) is 44.7 Å². The molecule has 2 bridgehead atoms. The zero-order valence-corrected chi connectivity index (χ0v) is 20.8. The molecule has 2 amide bonds. The van der Waals surface area contributed by atoms with Crippen LogP contribution in [0, 0.1) is 5.92 Å². The molecule has 9 nitrogen and oxygen atoms in total. The van der Waals surface area contributed by atoms with E-state index in [2.05, 4.69) is 27.8 Å². The predicted molar refractivity (Wildman–Crippen MR) is 113 cm³/mol. The number of fused-ring (bicyclic) bond motifs is 2. The number of carbonyl (C=O) groups excluding carboxylic acids is 2. The van der Waals surface area contributed by atoms with Crippen LogP contribution in [-0.4, -0.2) is 47.6 Å². The van der Waals surface area contributed by atoms with Gasteiger partial charge in [-0.2, -0.15) is 0 Å². The Hall–Kier alpha value is -1.55. The Bertz CT molecular complexity index is 878. The molecule has 4 N–H and O–H groups in total. The Morgan fingerprint density at radius 1 is 1.37 bits per heavy atom. The standard InChI is InChI=1S/C19H25ClN7O2.Y/c1-11-6-14-9-19(8-11,18(29)25-24-12(2)28)27(14)26-13-4-5-16(20)15(7-13)17(21)23-10-22-3;/h4-5,7,10-11,14H,6,8-9H2,1-3H3,(H,24,28)(H,25,29)(H2,21,22,23);/q-1;/t11-,14-,19?;/m1./s1. The smallest absolute Gasteiger partial charge is 0.257 e. The van der Waals surface area contributed by atoms with Crippen LogP contribution in [0.4, 0.5) is 5.69 Å². The number of rotatable bonds is 5. The van der Waals surface area contributed by atoms with Gasteiger partial charge in [0, 0.05) is 52.2 Å². The number of halogens is 1. The molecule has 2 aliphatic rings. The van der Waals surface area contributed by atoms with Gasteiger partial charge in [-0.25, -0.2) is 4.99 Å². The molecule has 2 aliphatic heterocycles. The fourth-order valence-corrected chi connectivity index (χ4v) is 4.32. The quantitative estimate of drug-likeness (QED) is 0.320. The molecule has 1 unspecified atom stereocenters. The number of aliphatic imine (C=N–C) groups is 2. The van der Waals surface area contributed by atoms with E-state index in [0.717, 1.165) is 6.42 Å². The van der Waals surface area contributed by atoms with E-state index < -0.39 is 5.54 Å². The number of hydrogen-bond donors (Lipinski definition) is 3. The largest absolute Gasteiger partial charge is 0.619 e. The fourth-order valence-electron chi connectivity index (χ4n) is 4.10. The molecule has 11 heteroatoms. The fraction of sp³-hybridized carbons (Fsp3) is 0.474. The van der Waals surface area contributed by atoms with Crippen LogP contribution in [0.5, 0.6) is 0 Å². The van der Waals surface area contributed by atoms with Crippen LogP contribution in [0.15, 0.2) is 28.2 Å². The van der Waals surface area contributed by atoms with E-state index in [-0.39, 0.29) is 56.4 Å². The van der Waals surface area contributed by atoms with Crippen LogP contribution in [-0.2, 0) is 42.3 Å².